The number of aromatic nitrogens is 2. The van der Waals surface area contributed by atoms with Gasteiger partial charge in [-0.3, -0.25) is 9.78 Å². The monoisotopic (exact) mass is 242 g/mol. The molecule has 16 heavy (non-hydrogen) atoms. The second kappa shape index (κ2) is 5.65. The number of carbonyl (C=O) groups excluding carboxylic acids is 1. The van der Waals surface area contributed by atoms with Gasteiger partial charge in [-0.05, 0) is 5.92 Å². The number of nitrogens with zero attached hydrogens (tertiary/aromatic N) is 2. The first kappa shape index (κ1) is 12.7. The number of amides is 1. The molecule has 0 aliphatic heterocycles. The summed E-state index contributed by atoms with van der Waals surface area (Å²) >= 11 is 5.71. The Hall–Kier alpha value is -1.36. The lowest BCUT2D eigenvalue weighted by Gasteiger charge is -2.20. The Balaban J connectivity index is 2.79. The summed E-state index contributed by atoms with van der Waals surface area (Å²) in [6.45, 7) is 3.90. The summed E-state index contributed by atoms with van der Waals surface area (Å²) in [6, 6.07) is -0.349. The summed E-state index contributed by atoms with van der Waals surface area (Å²) in [4.78, 5) is 19.5. The van der Waals surface area contributed by atoms with Crippen LogP contribution in [0.5, 0.6) is 0 Å². The third-order valence-corrected chi connectivity index (χ3v) is 2.29. The van der Waals surface area contributed by atoms with E-state index in [1.165, 1.54) is 12.4 Å². The Morgan fingerprint density at radius 2 is 2.12 bits per heavy atom. The van der Waals surface area contributed by atoms with Crippen LogP contribution < -0.4 is 10.6 Å². The van der Waals surface area contributed by atoms with Gasteiger partial charge in [0.25, 0.3) is 0 Å². The first-order valence-corrected chi connectivity index (χ1v) is 5.38. The van der Waals surface area contributed by atoms with Gasteiger partial charge >= 0.3 is 0 Å². The van der Waals surface area contributed by atoms with E-state index in [4.69, 9.17) is 11.6 Å². The Morgan fingerprint density at radius 1 is 1.44 bits per heavy atom. The molecule has 0 saturated heterocycles. The molecule has 6 heteroatoms. The maximum absolute atomic E-state index is 11.6. The fourth-order valence-corrected chi connectivity index (χ4v) is 1.41. The zero-order chi connectivity index (χ0) is 12.1. The van der Waals surface area contributed by atoms with Gasteiger partial charge in [0.2, 0.25) is 5.91 Å². The fourth-order valence-electron chi connectivity index (χ4n) is 1.26. The molecule has 0 saturated carbocycles. The summed E-state index contributed by atoms with van der Waals surface area (Å²) in [5.41, 5.74) is 0. The van der Waals surface area contributed by atoms with Crippen molar-refractivity contribution in [1.82, 2.24) is 15.3 Å². The van der Waals surface area contributed by atoms with Crippen LogP contribution in [0.15, 0.2) is 12.4 Å². The average molecular weight is 243 g/mol. The third-order valence-electron chi connectivity index (χ3n) is 2.10. The molecule has 1 unspecified atom stereocenters. The van der Waals surface area contributed by atoms with E-state index in [2.05, 4.69) is 20.6 Å². The van der Waals surface area contributed by atoms with Crippen LogP contribution in [0.4, 0.5) is 5.82 Å². The summed E-state index contributed by atoms with van der Waals surface area (Å²) in [7, 11) is 1.60. The lowest BCUT2D eigenvalue weighted by molar-refractivity contribution is -0.122. The predicted molar refractivity (Wildman–Crippen MR) is 63.4 cm³/mol. The van der Waals surface area contributed by atoms with Crippen molar-refractivity contribution < 1.29 is 4.79 Å². The zero-order valence-corrected chi connectivity index (χ0v) is 10.2. The standard InChI is InChI=1S/C10H15ClN4O/c1-6(2)9(10(16)12-3)15-8-5-13-4-7(11)14-8/h4-6,9H,1-3H3,(H,12,16)(H,14,15). The van der Waals surface area contributed by atoms with Gasteiger partial charge in [0.05, 0.1) is 12.4 Å². The van der Waals surface area contributed by atoms with Crippen LogP contribution in [0.3, 0.4) is 0 Å². The van der Waals surface area contributed by atoms with Gasteiger partial charge in [0, 0.05) is 7.05 Å². The minimum atomic E-state index is -0.349. The van der Waals surface area contributed by atoms with Crippen LogP contribution in [-0.4, -0.2) is 29.0 Å². The normalized spacial score (nSPS) is 12.3. The van der Waals surface area contributed by atoms with Gasteiger partial charge in [0.15, 0.2) is 0 Å². The smallest absolute Gasteiger partial charge is 0.242 e. The molecule has 0 radical (unpaired) electrons. The van der Waals surface area contributed by atoms with Gasteiger partial charge < -0.3 is 10.6 Å². The maximum Gasteiger partial charge on any atom is 0.242 e. The van der Waals surface area contributed by atoms with Gasteiger partial charge in [-0.2, -0.15) is 0 Å². The highest BCUT2D eigenvalue weighted by Crippen LogP contribution is 2.12. The van der Waals surface area contributed by atoms with Crippen molar-refractivity contribution >= 4 is 23.3 Å². The molecule has 1 amide bonds. The van der Waals surface area contributed by atoms with Crippen molar-refractivity contribution in [1.29, 1.82) is 0 Å². The Bertz CT molecular complexity index is 370. The van der Waals surface area contributed by atoms with Crippen molar-refractivity contribution in [2.45, 2.75) is 19.9 Å². The Labute approximate surface area is 99.6 Å². The second-order valence-corrected chi connectivity index (χ2v) is 4.09. The van der Waals surface area contributed by atoms with Crippen LogP contribution in [0, 0.1) is 5.92 Å². The predicted octanol–water partition coefficient (Wildman–Crippen LogP) is 1.31. The van der Waals surface area contributed by atoms with Gasteiger partial charge in [-0.25, -0.2) is 4.98 Å². The molecule has 5 nitrogen and oxygen atoms in total. The van der Waals surface area contributed by atoms with Gasteiger partial charge in [0.1, 0.15) is 17.0 Å². The number of carbonyl (C=O) groups is 1. The summed E-state index contributed by atoms with van der Waals surface area (Å²) < 4.78 is 0. The minimum Gasteiger partial charge on any atom is -0.357 e. The van der Waals surface area contributed by atoms with Crippen LogP contribution >= 0.6 is 11.6 Å². The Kier molecular flexibility index (Phi) is 4.49. The van der Waals surface area contributed by atoms with E-state index in [-0.39, 0.29) is 17.9 Å². The van der Waals surface area contributed by atoms with Crippen molar-refractivity contribution in [3.63, 3.8) is 0 Å². The molecule has 0 aliphatic carbocycles. The number of hydrogen-bond donors (Lipinski definition) is 2. The van der Waals surface area contributed by atoms with Crippen molar-refractivity contribution in [2.75, 3.05) is 12.4 Å². The molecule has 1 aromatic heterocycles. The summed E-state index contributed by atoms with van der Waals surface area (Å²) in [5, 5.41) is 5.89. The largest absolute Gasteiger partial charge is 0.357 e. The first-order chi connectivity index (χ1) is 7.54. The number of likely N-dealkylation sites (N-methyl/N-ethyl adjacent to an activating group) is 1. The van der Waals surface area contributed by atoms with E-state index >= 15 is 0 Å². The molecular weight excluding hydrogens is 228 g/mol. The lowest BCUT2D eigenvalue weighted by atomic mass is 10.0. The van der Waals surface area contributed by atoms with Gasteiger partial charge in [-0.15, -0.1) is 0 Å². The van der Waals surface area contributed by atoms with E-state index in [9.17, 15) is 4.79 Å². The first-order valence-electron chi connectivity index (χ1n) is 5.00. The highest BCUT2D eigenvalue weighted by atomic mass is 35.5. The quantitative estimate of drug-likeness (QED) is 0.836. The highest BCUT2D eigenvalue weighted by Gasteiger charge is 2.21. The molecule has 0 aromatic carbocycles. The van der Waals surface area contributed by atoms with E-state index in [0.29, 0.717) is 11.0 Å². The van der Waals surface area contributed by atoms with Crippen LogP contribution in [0.2, 0.25) is 5.15 Å². The summed E-state index contributed by atoms with van der Waals surface area (Å²) in [5.74, 6) is 0.548. The van der Waals surface area contributed by atoms with Crippen molar-refractivity contribution in [3.8, 4) is 0 Å². The van der Waals surface area contributed by atoms with Gasteiger partial charge in [-0.1, -0.05) is 25.4 Å². The molecule has 0 fully saturated rings. The molecule has 1 heterocycles. The fraction of sp³-hybridized carbons (Fsp3) is 0.500. The molecule has 88 valence electrons. The number of halogens is 1. The maximum atomic E-state index is 11.6. The van der Waals surface area contributed by atoms with E-state index in [0.717, 1.165) is 0 Å². The van der Waals surface area contributed by atoms with E-state index in [1.54, 1.807) is 7.05 Å². The highest BCUT2D eigenvalue weighted by molar-refractivity contribution is 6.29. The third kappa shape index (κ3) is 3.34. The zero-order valence-electron chi connectivity index (χ0n) is 9.49. The minimum absolute atomic E-state index is 0.0863. The van der Waals surface area contributed by atoms with E-state index in [1.807, 2.05) is 13.8 Å². The second-order valence-electron chi connectivity index (χ2n) is 3.71. The lowest BCUT2D eigenvalue weighted by Crippen LogP contribution is -2.41. The number of anilines is 1. The molecule has 0 aliphatic rings. The number of hydrogen-bond acceptors (Lipinski definition) is 4. The van der Waals surface area contributed by atoms with E-state index < -0.39 is 0 Å². The molecule has 1 atom stereocenters. The molecule has 1 aromatic rings. The number of rotatable bonds is 4. The van der Waals surface area contributed by atoms with Crippen LogP contribution in [0.25, 0.3) is 0 Å². The average Bonchev–Trinajstić information content (AvgIpc) is 2.24. The van der Waals surface area contributed by atoms with Crippen LogP contribution in [0.1, 0.15) is 13.8 Å². The molecule has 0 bridgehead atoms. The molecule has 2 N–H and O–H groups in total. The summed E-state index contributed by atoms with van der Waals surface area (Å²) in [6.07, 6.45) is 2.97. The van der Waals surface area contributed by atoms with Crippen molar-refractivity contribution in [3.05, 3.63) is 17.5 Å². The Morgan fingerprint density at radius 3 is 2.62 bits per heavy atom. The SMILES string of the molecule is CNC(=O)C(Nc1cncc(Cl)n1)C(C)C. The molecule has 0 spiro atoms. The van der Waals surface area contributed by atoms with Crippen LogP contribution in [-0.2, 0) is 4.79 Å². The topological polar surface area (TPSA) is 66.9 Å². The van der Waals surface area contributed by atoms with Crippen molar-refractivity contribution in [2.24, 2.45) is 5.92 Å². The molecule has 1 rings (SSSR count). The number of nitrogens with one attached hydrogen (secondary N) is 2. The molecular formula is C10H15ClN4O.